The number of thioether (sulfide) groups is 1. The van der Waals surface area contributed by atoms with Crippen LogP contribution in [0.25, 0.3) is 0 Å². The highest BCUT2D eigenvalue weighted by Crippen LogP contribution is 2.35. The van der Waals surface area contributed by atoms with Gasteiger partial charge >= 0.3 is 0 Å². The quantitative estimate of drug-likeness (QED) is 0.710. The number of carbonyl (C=O) groups excluding carboxylic acids is 1. The summed E-state index contributed by atoms with van der Waals surface area (Å²) in [7, 11) is 2.09. The van der Waals surface area contributed by atoms with E-state index in [1.165, 1.54) is 23.9 Å². The zero-order valence-electron chi connectivity index (χ0n) is 18.3. The van der Waals surface area contributed by atoms with E-state index in [4.69, 9.17) is 14.7 Å². The molecule has 0 aliphatic carbocycles. The molecule has 168 valence electrons. The predicted octanol–water partition coefficient (Wildman–Crippen LogP) is 4.22. The summed E-state index contributed by atoms with van der Waals surface area (Å²) in [5.41, 5.74) is 1.80. The van der Waals surface area contributed by atoms with Gasteiger partial charge in [0.2, 0.25) is 5.91 Å². The molecule has 1 saturated heterocycles. The van der Waals surface area contributed by atoms with Crippen molar-refractivity contribution in [2.24, 2.45) is 9.98 Å². The first-order valence-electron chi connectivity index (χ1n) is 10.8. The SMILES string of the molecule is CCOc1ccc(NC(=O)CSC2=NC3(CCN(C)CC3)N=C2c2ccc(F)cc2)cc1. The molecule has 2 aliphatic rings. The van der Waals surface area contributed by atoms with Crippen molar-refractivity contribution in [2.75, 3.05) is 37.8 Å². The number of nitrogens with one attached hydrogen (secondary N) is 1. The van der Waals surface area contributed by atoms with Gasteiger partial charge in [-0.1, -0.05) is 11.8 Å². The van der Waals surface area contributed by atoms with Gasteiger partial charge in [-0.3, -0.25) is 9.79 Å². The number of ether oxygens (including phenoxy) is 1. The van der Waals surface area contributed by atoms with Gasteiger partial charge in [-0.25, -0.2) is 9.38 Å². The summed E-state index contributed by atoms with van der Waals surface area (Å²) in [6, 6.07) is 13.6. The lowest BCUT2D eigenvalue weighted by molar-refractivity contribution is -0.113. The molecular weight excluding hydrogens is 427 g/mol. The van der Waals surface area contributed by atoms with Crippen molar-refractivity contribution in [1.29, 1.82) is 0 Å². The summed E-state index contributed by atoms with van der Waals surface area (Å²) >= 11 is 1.37. The lowest BCUT2D eigenvalue weighted by Crippen LogP contribution is -2.39. The van der Waals surface area contributed by atoms with Gasteiger partial charge < -0.3 is 15.0 Å². The third-order valence-electron chi connectivity index (χ3n) is 5.53. The lowest BCUT2D eigenvalue weighted by atomic mass is 9.99. The molecule has 0 unspecified atom stereocenters. The first kappa shape index (κ1) is 22.5. The molecule has 2 heterocycles. The molecule has 0 atom stereocenters. The second-order valence-corrected chi connectivity index (χ2v) is 8.93. The van der Waals surface area contributed by atoms with Gasteiger partial charge in [0.1, 0.15) is 16.6 Å². The van der Waals surface area contributed by atoms with Crippen LogP contribution in [0.1, 0.15) is 25.3 Å². The Bertz CT molecular complexity index is 1010. The van der Waals surface area contributed by atoms with E-state index in [0.717, 1.165) is 48.0 Å². The zero-order chi connectivity index (χ0) is 22.6. The van der Waals surface area contributed by atoms with Crippen LogP contribution in [0.2, 0.25) is 0 Å². The Morgan fingerprint density at radius 3 is 2.47 bits per heavy atom. The van der Waals surface area contributed by atoms with Crippen molar-refractivity contribution in [3.05, 3.63) is 59.9 Å². The summed E-state index contributed by atoms with van der Waals surface area (Å²) < 4.78 is 18.9. The van der Waals surface area contributed by atoms with Crippen LogP contribution in [-0.2, 0) is 4.79 Å². The van der Waals surface area contributed by atoms with Crippen molar-refractivity contribution < 1.29 is 13.9 Å². The number of aliphatic imine (C=N–C) groups is 2. The van der Waals surface area contributed by atoms with E-state index in [-0.39, 0.29) is 17.5 Å². The molecule has 1 spiro atoms. The maximum atomic E-state index is 13.4. The highest BCUT2D eigenvalue weighted by molar-refractivity contribution is 8.16. The second kappa shape index (κ2) is 9.83. The first-order valence-corrected chi connectivity index (χ1v) is 11.7. The number of halogens is 1. The number of hydrogen-bond donors (Lipinski definition) is 1. The summed E-state index contributed by atoms with van der Waals surface area (Å²) in [5, 5.41) is 3.65. The summed E-state index contributed by atoms with van der Waals surface area (Å²) in [6.45, 7) is 4.36. The molecule has 4 rings (SSSR count). The number of amides is 1. The fourth-order valence-electron chi connectivity index (χ4n) is 3.75. The number of nitrogens with zero attached hydrogens (tertiary/aromatic N) is 3. The minimum Gasteiger partial charge on any atom is -0.494 e. The number of carbonyl (C=O) groups is 1. The van der Waals surface area contributed by atoms with Crippen LogP contribution in [0.3, 0.4) is 0 Å². The van der Waals surface area contributed by atoms with Crippen LogP contribution in [0, 0.1) is 5.82 Å². The Hall–Kier alpha value is -2.71. The number of anilines is 1. The molecular formula is C24H27FN4O2S. The number of likely N-dealkylation sites (tertiary alicyclic amines) is 1. The normalized spacial score (nSPS) is 17.7. The minimum atomic E-state index is -0.482. The van der Waals surface area contributed by atoms with Crippen LogP contribution in [0.15, 0.2) is 58.5 Å². The fourth-order valence-corrected chi connectivity index (χ4v) is 4.63. The molecule has 6 nitrogen and oxygen atoms in total. The topological polar surface area (TPSA) is 66.3 Å². The maximum absolute atomic E-state index is 13.4. The van der Waals surface area contributed by atoms with Crippen molar-refractivity contribution in [3.63, 3.8) is 0 Å². The molecule has 1 N–H and O–H groups in total. The van der Waals surface area contributed by atoms with E-state index in [1.807, 2.05) is 31.2 Å². The summed E-state index contributed by atoms with van der Waals surface area (Å²) in [6.07, 6.45) is 1.66. The fraction of sp³-hybridized carbons (Fsp3) is 0.375. The Labute approximate surface area is 192 Å². The molecule has 2 aliphatic heterocycles. The zero-order valence-corrected chi connectivity index (χ0v) is 19.1. The molecule has 0 saturated carbocycles. The molecule has 0 bridgehead atoms. The van der Waals surface area contributed by atoms with Gasteiger partial charge in [-0.2, -0.15) is 0 Å². The largest absolute Gasteiger partial charge is 0.494 e. The Morgan fingerprint density at radius 1 is 1.12 bits per heavy atom. The highest BCUT2D eigenvalue weighted by atomic mass is 32.2. The smallest absolute Gasteiger partial charge is 0.234 e. The number of rotatable bonds is 6. The lowest BCUT2D eigenvalue weighted by Gasteiger charge is -2.33. The van der Waals surface area contributed by atoms with Gasteiger partial charge in [-0.15, -0.1) is 0 Å². The van der Waals surface area contributed by atoms with E-state index < -0.39 is 5.66 Å². The molecule has 0 radical (unpaired) electrons. The monoisotopic (exact) mass is 454 g/mol. The highest BCUT2D eigenvalue weighted by Gasteiger charge is 2.39. The Kier molecular flexibility index (Phi) is 6.91. The minimum absolute atomic E-state index is 0.121. The van der Waals surface area contributed by atoms with E-state index >= 15 is 0 Å². The van der Waals surface area contributed by atoms with Crippen LogP contribution in [0.4, 0.5) is 10.1 Å². The van der Waals surface area contributed by atoms with Crippen LogP contribution in [0.5, 0.6) is 5.75 Å². The number of benzene rings is 2. The third-order valence-corrected chi connectivity index (χ3v) is 6.49. The predicted molar refractivity (Wildman–Crippen MR) is 129 cm³/mol. The van der Waals surface area contributed by atoms with Gasteiger partial charge in [0.05, 0.1) is 18.1 Å². The van der Waals surface area contributed by atoms with Crippen molar-refractivity contribution >= 4 is 34.1 Å². The molecule has 1 fully saturated rings. The van der Waals surface area contributed by atoms with Gasteiger partial charge in [0.15, 0.2) is 5.66 Å². The number of piperidine rings is 1. The average Bonchev–Trinajstić information content (AvgIpc) is 3.15. The molecule has 2 aromatic rings. The van der Waals surface area contributed by atoms with Gasteiger partial charge in [-0.05, 0) is 62.5 Å². The second-order valence-electron chi connectivity index (χ2n) is 7.96. The molecule has 0 aromatic heterocycles. The number of hydrogen-bond acceptors (Lipinski definition) is 6. The standard InChI is InChI=1S/C24H27FN4O2S/c1-3-31-20-10-8-19(9-11-20)26-21(30)16-32-23-22(17-4-6-18(25)7-5-17)27-24(28-23)12-14-29(2)15-13-24/h4-11H,3,12-16H2,1-2H3,(H,26,30). The average molecular weight is 455 g/mol. The Balaban J connectivity index is 1.45. The molecule has 32 heavy (non-hydrogen) atoms. The van der Waals surface area contributed by atoms with Gasteiger partial charge in [0, 0.05) is 37.2 Å². The van der Waals surface area contributed by atoms with E-state index in [1.54, 1.807) is 12.1 Å². The molecule has 2 aromatic carbocycles. The van der Waals surface area contributed by atoms with Crippen molar-refractivity contribution in [1.82, 2.24) is 4.90 Å². The van der Waals surface area contributed by atoms with Crippen LogP contribution in [-0.4, -0.2) is 59.7 Å². The Morgan fingerprint density at radius 2 is 1.81 bits per heavy atom. The first-order chi connectivity index (χ1) is 15.5. The maximum Gasteiger partial charge on any atom is 0.234 e. The van der Waals surface area contributed by atoms with E-state index in [2.05, 4.69) is 17.3 Å². The van der Waals surface area contributed by atoms with Crippen molar-refractivity contribution in [3.8, 4) is 5.75 Å². The van der Waals surface area contributed by atoms with Crippen LogP contribution >= 0.6 is 11.8 Å². The summed E-state index contributed by atoms with van der Waals surface area (Å²) in [5.74, 6) is 0.568. The molecule has 1 amide bonds. The van der Waals surface area contributed by atoms with E-state index in [0.29, 0.717) is 12.3 Å². The van der Waals surface area contributed by atoms with Crippen LogP contribution < -0.4 is 10.1 Å². The summed E-state index contributed by atoms with van der Waals surface area (Å²) in [4.78, 5) is 24.8. The van der Waals surface area contributed by atoms with Crippen molar-refractivity contribution in [2.45, 2.75) is 25.4 Å². The third kappa shape index (κ3) is 5.37. The van der Waals surface area contributed by atoms with Gasteiger partial charge in [0.25, 0.3) is 0 Å². The van der Waals surface area contributed by atoms with E-state index in [9.17, 15) is 9.18 Å². The molecule has 8 heteroatoms.